The molecule has 130 valence electrons. The van der Waals surface area contributed by atoms with Crippen LogP contribution in [0.5, 0.6) is 0 Å². The largest absolute Gasteiger partial charge is 0.448 e. The number of hydrogen-bond acceptors (Lipinski definition) is 4. The summed E-state index contributed by atoms with van der Waals surface area (Å²) in [5, 5.41) is 11.6. The van der Waals surface area contributed by atoms with Crippen LogP contribution in [0.3, 0.4) is 0 Å². The first kappa shape index (κ1) is 16.3. The Kier molecular flexibility index (Phi) is 4.37. The van der Waals surface area contributed by atoms with Gasteiger partial charge in [0.15, 0.2) is 0 Å². The van der Waals surface area contributed by atoms with Gasteiger partial charge in [-0.05, 0) is 33.9 Å². The molecule has 0 spiro atoms. The third kappa shape index (κ3) is 3.05. The number of fused-ring (bicyclic) bond motifs is 3. The van der Waals surface area contributed by atoms with Crippen molar-refractivity contribution < 1.29 is 14.6 Å². The van der Waals surface area contributed by atoms with E-state index in [9.17, 15) is 4.79 Å². The number of ether oxygens (including phenoxy) is 1. The molecule has 1 heterocycles. The quantitative estimate of drug-likeness (QED) is 0.751. The number of pyridine rings is 1. The first-order valence-corrected chi connectivity index (χ1v) is 8.44. The van der Waals surface area contributed by atoms with Crippen LogP contribution in [0.1, 0.15) is 22.6 Å². The monoisotopic (exact) mass is 346 g/mol. The average molecular weight is 346 g/mol. The van der Waals surface area contributed by atoms with Crippen LogP contribution in [0.25, 0.3) is 11.1 Å². The van der Waals surface area contributed by atoms with Crippen molar-refractivity contribution >= 4 is 11.9 Å². The van der Waals surface area contributed by atoms with E-state index in [0.29, 0.717) is 11.4 Å². The van der Waals surface area contributed by atoms with E-state index in [4.69, 9.17) is 9.84 Å². The Labute approximate surface area is 151 Å². The van der Waals surface area contributed by atoms with Crippen molar-refractivity contribution in [3.05, 3.63) is 83.6 Å². The topological polar surface area (TPSA) is 71.5 Å². The van der Waals surface area contributed by atoms with E-state index in [1.807, 2.05) is 24.3 Å². The molecule has 4 rings (SSSR count). The van der Waals surface area contributed by atoms with Gasteiger partial charge in [0.25, 0.3) is 0 Å². The average Bonchev–Trinajstić information content (AvgIpc) is 3.01. The number of carbonyl (C=O) groups excluding carboxylic acids is 1. The van der Waals surface area contributed by atoms with E-state index in [0.717, 1.165) is 0 Å². The highest BCUT2D eigenvalue weighted by Crippen LogP contribution is 2.44. The van der Waals surface area contributed by atoms with E-state index in [-0.39, 0.29) is 19.1 Å². The first-order valence-electron chi connectivity index (χ1n) is 8.44. The van der Waals surface area contributed by atoms with Crippen molar-refractivity contribution in [1.82, 2.24) is 4.98 Å². The molecule has 1 amide bonds. The van der Waals surface area contributed by atoms with Gasteiger partial charge in [-0.15, -0.1) is 0 Å². The van der Waals surface area contributed by atoms with E-state index in [1.54, 1.807) is 12.1 Å². The van der Waals surface area contributed by atoms with Gasteiger partial charge in [0, 0.05) is 12.1 Å². The van der Waals surface area contributed by atoms with Gasteiger partial charge in [0.05, 0.1) is 6.61 Å². The molecule has 5 heteroatoms. The maximum Gasteiger partial charge on any atom is 0.412 e. The third-order valence-corrected chi connectivity index (χ3v) is 4.58. The van der Waals surface area contributed by atoms with Crippen molar-refractivity contribution in [2.75, 3.05) is 11.9 Å². The van der Waals surface area contributed by atoms with Gasteiger partial charge < -0.3 is 9.84 Å². The molecule has 0 bridgehead atoms. The Morgan fingerprint density at radius 1 is 1.00 bits per heavy atom. The summed E-state index contributed by atoms with van der Waals surface area (Å²) >= 11 is 0. The van der Waals surface area contributed by atoms with Crippen LogP contribution in [0, 0.1) is 0 Å². The summed E-state index contributed by atoms with van der Waals surface area (Å²) in [5.74, 6) is 0.414. The Bertz CT molecular complexity index is 892. The predicted molar refractivity (Wildman–Crippen MR) is 98.9 cm³/mol. The minimum atomic E-state index is -0.545. The molecular weight excluding hydrogens is 328 g/mol. The predicted octanol–water partition coefficient (Wildman–Crippen LogP) is 3.93. The number of nitrogens with zero attached hydrogens (tertiary/aromatic N) is 1. The fraction of sp³-hybridized carbons (Fsp3) is 0.143. The van der Waals surface area contributed by atoms with Crippen molar-refractivity contribution in [3.63, 3.8) is 0 Å². The van der Waals surface area contributed by atoms with Crippen molar-refractivity contribution in [2.45, 2.75) is 12.5 Å². The lowest BCUT2D eigenvalue weighted by atomic mass is 9.98. The highest BCUT2D eigenvalue weighted by molar-refractivity contribution is 5.84. The molecule has 0 atom stereocenters. The van der Waals surface area contributed by atoms with Crippen LogP contribution in [-0.4, -0.2) is 22.8 Å². The molecule has 1 aliphatic rings. The van der Waals surface area contributed by atoms with Gasteiger partial charge in [-0.1, -0.05) is 54.6 Å². The molecule has 2 N–H and O–H groups in total. The molecule has 0 saturated heterocycles. The number of aliphatic hydroxyl groups is 1. The molecule has 0 saturated carbocycles. The Morgan fingerprint density at radius 3 is 2.23 bits per heavy atom. The molecule has 0 fully saturated rings. The van der Waals surface area contributed by atoms with E-state index in [1.165, 1.54) is 28.5 Å². The summed E-state index contributed by atoms with van der Waals surface area (Å²) in [6, 6.07) is 19.7. The number of benzene rings is 2. The fourth-order valence-corrected chi connectivity index (χ4v) is 3.33. The van der Waals surface area contributed by atoms with Crippen molar-refractivity contribution in [3.8, 4) is 11.1 Å². The second-order valence-corrected chi connectivity index (χ2v) is 6.16. The van der Waals surface area contributed by atoms with Crippen LogP contribution in [0.4, 0.5) is 10.6 Å². The highest BCUT2D eigenvalue weighted by atomic mass is 16.5. The SMILES string of the molecule is O=C(Nc1ccc(CO)cn1)OCC1c2ccccc2-c2ccccc21. The first-order chi connectivity index (χ1) is 12.8. The van der Waals surface area contributed by atoms with Crippen molar-refractivity contribution in [1.29, 1.82) is 0 Å². The molecule has 0 unspecified atom stereocenters. The van der Waals surface area contributed by atoms with Crippen LogP contribution in [0.15, 0.2) is 66.9 Å². The third-order valence-electron chi connectivity index (χ3n) is 4.58. The molecule has 5 nitrogen and oxygen atoms in total. The molecule has 0 aliphatic heterocycles. The second kappa shape index (κ2) is 6.98. The van der Waals surface area contributed by atoms with Gasteiger partial charge in [-0.2, -0.15) is 0 Å². The standard InChI is InChI=1S/C21H18N2O3/c24-12-14-9-10-20(22-11-14)23-21(25)26-13-19-17-7-3-1-5-15(17)16-6-2-4-8-18(16)19/h1-11,19,24H,12-13H2,(H,22,23,25). The summed E-state index contributed by atoms with van der Waals surface area (Å²) in [7, 11) is 0. The molecule has 0 radical (unpaired) electrons. The van der Waals surface area contributed by atoms with Crippen LogP contribution in [0.2, 0.25) is 0 Å². The number of hydrogen-bond donors (Lipinski definition) is 2. The summed E-state index contributed by atoms with van der Waals surface area (Å²) in [6.45, 7) is 0.173. The minimum absolute atomic E-state index is 0.0258. The maximum absolute atomic E-state index is 12.1. The summed E-state index contributed by atoms with van der Waals surface area (Å²) < 4.78 is 5.46. The van der Waals surface area contributed by atoms with Crippen LogP contribution in [-0.2, 0) is 11.3 Å². The summed E-state index contributed by atoms with van der Waals surface area (Å²) in [6.07, 6.45) is 0.968. The smallest absolute Gasteiger partial charge is 0.412 e. The zero-order chi connectivity index (χ0) is 17.9. The Balaban J connectivity index is 1.46. The van der Waals surface area contributed by atoms with Crippen LogP contribution < -0.4 is 5.32 Å². The molecule has 1 aromatic heterocycles. The second-order valence-electron chi connectivity index (χ2n) is 6.16. The highest BCUT2D eigenvalue weighted by Gasteiger charge is 2.28. The van der Waals surface area contributed by atoms with Gasteiger partial charge in [0.1, 0.15) is 12.4 Å². The van der Waals surface area contributed by atoms with Crippen molar-refractivity contribution in [2.24, 2.45) is 0 Å². The van der Waals surface area contributed by atoms with E-state index >= 15 is 0 Å². The Morgan fingerprint density at radius 2 is 1.65 bits per heavy atom. The number of carbonyl (C=O) groups is 1. The molecule has 26 heavy (non-hydrogen) atoms. The summed E-state index contributed by atoms with van der Waals surface area (Å²) in [4.78, 5) is 16.2. The number of aliphatic hydroxyl groups excluding tert-OH is 1. The lowest BCUT2D eigenvalue weighted by Gasteiger charge is -2.14. The Hall–Kier alpha value is -3.18. The van der Waals surface area contributed by atoms with Gasteiger partial charge in [0.2, 0.25) is 0 Å². The lowest BCUT2D eigenvalue weighted by molar-refractivity contribution is 0.158. The minimum Gasteiger partial charge on any atom is -0.448 e. The van der Waals surface area contributed by atoms with E-state index in [2.05, 4.69) is 34.6 Å². The molecule has 1 aliphatic carbocycles. The van der Waals surface area contributed by atoms with Gasteiger partial charge in [-0.3, -0.25) is 5.32 Å². The number of anilines is 1. The number of aromatic nitrogens is 1. The normalized spacial score (nSPS) is 12.3. The van der Waals surface area contributed by atoms with Gasteiger partial charge in [-0.25, -0.2) is 9.78 Å². The van der Waals surface area contributed by atoms with Gasteiger partial charge >= 0.3 is 6.09 Å². The molecule has 3 aromatic rings. The van der Waals surface area contributed by atoms with E-state index < -0.39 is 6.09 Å². The number of rotatable bonds is 4. The zero-order valence-electron chi connectivity index (χ0n) is 14.1. The summed E-state index contributed by atoms with van der Waals surface area (Å²) in [5.41, 5.74) is 5.42. The lowest BCUT2D eigenvalue weighted by Crippen LogP contribution is -2.18. The number of amides is 1. The zero-order valence-corrected chi connectivity index (χ0v) is 14.1. The maximum atomic E-state index is 12.1. The van der Waals surface area contributed by atoms with Crippen LogP contribution >= 0.6 is 0 Å². The molecular formula is C21H18N2O3. The fourth-order valence-electron chi connectivity index (χ4n) is 3.33. The molecule has 2 aromatic carbocycles. The number of nitrogens with one attached hydrogen (secondary N) is 1.